The first-order valence-corrected chi connectivity index (χ1v) is 7.48. The predicted molar refractivity (Wildman–Crippen MR) is 82.3 cm³/mol. The van der Waals surface area contributed by atoms with Crippen LogP contribution in [0.1, 0.15) is 42.2 Å². The van der Waals surface area contributed by atoms with Gasteiger partial charge < -0.3 is 15.2 Å². The number of nitrogens with two attached hydrogens (primary N) is 1. The Morgan fingerprint density at radius 2 is 1.90 bits per heavy atom. The summed E-state index contributed by atoms with van der Waals surface area (Å²) in [5.41, 5.74) is 7.26. The lowest BCUT2D eigenvalue weighted by molar-refractivity contribution is -0.141. The van der Waals surface area contributed by atoms with Crippen LogP contribution in [0.2, 0.25) is 0 Å². The molecule has 0 aliphatic carbocycles. The van der Waals surface area contributed by atoms with Gasteiger partial charge in [-0.2, -0.15) is 0 Å². The van der Waals surface area contributed by atoms with E-state index < -0.39 is 12.0 Å². The maximum absolute atomic E-state index is 11.6. The molecule has 1 aromatic rings. The lowest BCUT2D eigenvalue weighted by Crippen LogP contribution is -2.18. The van der Waals surface area contributed by atoms with Gasteiger partial charge in [0.15, 0.2) is 0 Å². The van der Waals surface area contributed by atoms with E-state index in [0.29, 0.717) is 10.8 Å². The molecule has 0 saturated carbocycles. The number of rotatable bonds is 6. The number of carbonyl (C=O) groups is 2. The Bertz CT molecular complexity index is 516. The molecule has 116 valence electrons. The summed E-state index contributed by atoms with van der Waals surface area (Å²) in [6.45, 7) is 4.13. The smallest absolute Gasteiger partial charge is 0.337 e. The van der Waals surface area contributed by atoms with E-state index in [-0.39, 0.29) is 12.4 Å². The number of benzene rings is 1. The fraction of sp³-hybridized carbons (Fsp3) is 0.467. The van der Waals surface area contributed by atoms with Crippen molar-refractivity contribution >= 4 is 23.7 Å². The predicted octanol–water partition coefficient (Wildman–Crippen LogP) is 2.54. The van der Waals surface area contributed by atoms with Gasteiger partial charge in [0.05, 0.1) is 26.2 Å². The molecular formula is C15H21NO4S. The molecular weight excluding hydrogens is 290 g/mol. The van der Waals surface area contributed by atoms with E-state index in [1.54, 1.807) is 23.9 Å². The molecule has 21 heavy (non-hydrogen) atoms. The Morgan fingerprint density at radius 3 is 2.43 bits per heavy atom. The molecule has 0 saturated heterocycles. The quantitative estimate of drug-likeness (QED) is 0.642. The Morgan fingerprint density at radius 1 is 1.24 bits per heavy atom. The van der Waals surface area contributed by atoms with Crippen molar-refractivity contribution in [2.45, 2.75) is 36.5 Å². The van der Waals surface area contributed by atoms with Crippen LogP contribution in [0.4, 0.5) is 0 Å². The molecule has 0 spiro atoms. The molecule has 0 aromatic heterocycles. The number of esters is 2. The molecule has 0 heterocycles. The van der Waals surface area contributed by atoms with E-state index in [2.05, 4.69) is 18.6 Å². The SMILES string of the molecule is COC(=O)CC(N)c1cc(C(=O)OC)ccc1SC(C)C. The highest BCUT2D eigenvalue weighted by molar-refractivity contribution is 8.00. The first-order valence-electron chi connectivity index (χ1n) is 6.60. The average molecular weight is 311 g/mol. The van der Waals surface area contributed by atoms with Crippen LogP contribution < -0.4 is 5.73 Å². The van der Waals surface area contributed by atoms with Gasteiger partial charge in [0.25, 0.3) is 0 Å². The molecule has 1 unspecified atom stereocenters. The second-order valence-corrected chi connectivity index (χ2v) is 6.42. The average Bonchev–Trinajstić information content (AvgIpc) is 2.45. The van der Waals surface area contributed by atoms with Crippen molar-refractivity contribution in [2.24, 2.45) is 5.73 Å². The molecule has 0 amide bonds. The van der Waals surface area contributed by atoms with Crippen molar-refractivity contribution < 1.29 is 19.1 Å². The van der Waals surface area contributed by atoms with Crippen molar-refractivity contribution in [2.75, 3.05) is 14.2 Å². The molecule has 5 nitrogen and oxygen atoms in total. The van der Waals surface area contributed by atoms with Crippen LogP contribution in [0, 0.1) is 0 Å². The van der Waals surface area contributed by atoms with Crippen LogP contribution in [0.5, 0.6) is 0 Å². The monoisotopic (exact) mass is 311 g/mol. The third kappa shape index (κ3) is 5.06. The number of hydrogen-bond acceptors (Lipinski definition) is 6. The molecule has 2 N–H and O–H groups in total. The van der Waals surface area contributed by atoms with Crippen LogP contribution in [0.15, 0.2) is 23.1 Å². The van der Waals surface area contributed by atoms with Crippen molar-refractivity contribution in [3.8, 4) is 0 Å². The first-order chi connectivity index (χ1) is 9.88. The summed E-state index contributed by atoms with van der Waals surface area (Å²) in [7, 11) is 2.65. The number of hydrogen-bond donors (Lipinski definition) is 1. The van der Waals surface area contributed by atoms with Crippen molar-refractivity contribution in [3.63, 3.8) is 0 Å². The van der Waals surface area contributed by atoms with Gasteiger partial charge in [-0.05, 0) is 23.8 Å². The minimum atomic E-state index is -0.525. The summed E-state index contributed by atoms with van der Waals surface area (Å²) in [4.78, 5) is 24.0. The van der Waals surface area contributed by atoms with Gasteiger partial charge in [0, 0.05) is 16.2 Å². The summed E-state index contributed by atoms with van der Waals surface area (Å²) < 4.78 is 9.36. The molecule has 1 rings (SSSR count). The maximum Gasteiger partial charge on any atom is 0.337 e. The van der Waals surface area contributed by atoms with E-state index in [0.717, 1.165) is 10.5 Å². The normalized spacial score (nSPS) is 12.1. The van der Waals surface area contributed by atoms with Crippen LogP contribution in [0.25, 0.3) is 0 Å². The van der Waals surface area contributed by atoms with Crippen LogP contribution in [-0.4, -0.2) is 31.4 Å². The summed E-state index contributed by atoms with van der Waals surface area (Å²) >= 11 is 1.63. The highest BCUT2D eigenvalue weighted by Gasteiger charge is 2.19. The van der Waals surface area contributed by atoms with Crippen LogP contribution in [-0.2, 0) is 14.3 Å². The molecule has 1 aromatic carbocycles. The summed E-state index contributed by atoms with van der Waals surface area (Å²) in [6, 6.07) is 4.70. The second-order valence-electron chi connectivity index (χ2n) is 4.80. The van der Waals surface area contributed by atoms with Gasteiger partial charge in [-0.25, -0.2) is 4.79 Å². The van der Waals surface area contributed by atoms with Gasteiger partial charge in [0.2, 0.25) is 0 Å². The van der Waals surface area contributed by atoms with Gasteiger partial charge in [0.1, 0.15) is 0 Å². The van der Waals surface area contributed by atoms with Gasteiger partial charge in [-0.15, -0.1) is 11.8 Å². The zero-order valence-electron chi connectivity index (χ0n) is 12.7. The fourth-order valence-electron chi connectivity index (χ4n) is 1.82. The number of ether oxygens (including phenoxy) is 2. The number of methoxy groups -OCH3 is 2. The van der Waals surface area contributed by atoms with Crippen molar-refractivity contribution in [3.05, 3.63) is 29.3 Å². The molecule has 6 heteroatoms. The number of carbonyl (C=O) groups excluding carboxylic acids is 2. The highest BCUT2D eigenvalue weighted by atomic mass is 32.2. The molecule has 0 radical (unpaired) electrons. The minimum Gasteiger partial charge on any atom is -0.469 e. The molecule has 0 aliphatic heterocycles. The molecule has 0 fully saturated rings. The van der Waals surface area contributed by atoms with Crippen LogP contribution >= 0.6 is 11.8 Å². The first kappa shape index (κ1) is 17.5. The standard InChI is InChI=1S/C15H21NO4S/c1-9(2)21-13-6-5-10(15(18)20-4)7-11(13)12(16)8-14(17)19-3/h5-7,9,12H,8,16H2,1-4H3. The van der Waals surface area contributed by atoms with Crippen molar-refractivity contribution in [1.29, 1.82) is 0 Å². The Kier molecular flexibility index (Phi) is 6.71. The number of thioether (sulfide) groups is 1. The summed E-state index contributed by atoms with van der Waals surface area (Å²) in [5, 5.41) is 0.359. The molecule has 0 bridgehead atoms. The molecule has 0 aliphatic rings. The van der Waals surface area contributed by atoms with Crippen LogP contribution in [0.3, 0.4) is 0 Å². The lowest BCUT2D eigenvalue weighted by Gasteiger charge is -2.17. The topological polar surface area (TPSA) is 78.6 Å². The second kappa shape index (κ2) is 8.05. The zero-order chi connectivity index (χ0) is 16.0. The fourth-order valence-corrected chi connectivity index (χ4v) is 2.82. The summed E-state index contributed by atoms with van der Waals surface area (Å²) in [6.07, 6.45) is 0.0623. The van der Waals surface area contributed by atoms with Gasteiger partial charge >= 0.3 is 11.9 Å². The minimum absolute atomic E-state index is 0.0623. The third-order valence-electron chi connectivity index (χ3n) is 2.81. The van der Waals surface area contributed by atoms with Gasteiger partial charge in [-0.3, -0.25) is 4.79 Å². The zero-order valence-corrected chi connectivity index (χ0v) is 13.5. The van der Waals surface area contributed by atoms with Crippen molar-refractivity contribution in [1.82, 2.24) is 0 Å². The van der Waals surface area contributed by atoms with E-state index in [4.69, 9.17) is 10.5 Å². The van der Waals surface area contributed by atoms with E-state index in [1.807, 2.05) is 6.07 Å². The maximum atomic E-state index is 11.6. The Labute approximate surface area is 129 Å². The third-order valence-corrected chi connectivity index (χ3v) is 3.90. The molecule has 1 atom stereocenters. The van der Waals surface area contributed by atoms with E-state index >= 15 is 0 Å². The highest BCUT2D eigenvalue weighted by Crippen LogP contribution is 2.32. The lowest BCUT2D eigenvalue weighted by atomic mass is 10.0. The largest absolute Gasteiger partial charge is 0.469 e. The Hall–Kier alpha value is -1.53. The van der Waals surface area contributed by atoms with E-state index in [1.165, 1.54) is 14.2 Å². The Balaban J connectivity index is 3.14. The summed E-state index contributed by atoms with van der Waals surface area (Å²) in [5.74, 6) is -0.811. The van der Waals surface area contributed by atoms with E-state index in [9.17, 15) is 9.59 Å². The van der Waals surface area contributed by atoms with Gasteiger partial charge in [-0.1, -0.05) is 13.8 Å².